The van der Waals surface area contributed by atoms with Crippen molar-refractivity contribution in [3.05, 3.63) is 75.2 Å². The van der Waals surface area contributed by atoms with Crippen molar-refractivity contribution in [2.45, 2.75) is 26.2 Å². The lowest BCUT2D eigenvalue weighted by atomic mass is 9.93. The number of amides is 1. The summed E-state index contributed by atoms with van der Waals surface area (Å²) in [6.45, 7) is 1.83. The van der Waals surface area contributed by atoms with Crippen LogP contribution in [-0.2, 0) is 6.42 Å². The number of non-ortho nitro benzene ring substituents is 1. The van der Waals surface area contributed by atoms with E-state index in [1.165, 1.54) is 19.2 Å². The first-order valence-corrected chi connectivity index (χ1v) is 10.6. The summed E-state index contributed by atoms with van der Waals surface area (Å²) < 4.78 is 16.5. The van der Waals surface area contributed by atoms with Gasteiger partial charge >= 0.3 is 0 Å². The molecule has 1 heterocycles. The summed E-state index contributed by atoms with van der Waals surface area (Å²) >= 11 is 0. The van der Waals surface area contributed by atoms with Crippen molar-refractivity contribution in [1.82, 2.24) is 0 Å². The smallest absolute Gasteiger partial charge is 0.291 e. The van der Waals surface area contributed by atoms with Crippen molar-refractivity contribution < 1.29 is 23.6 Å². The molecule has 176 valence electrons. The van der Waals surface area contributed by atoms with Crippen molar-refractivity contribution in [1.29, 1.82) is 0 Å². The predicted molar refractivity (Wildman–Crippen MR) is 127 cm³/mol. The van der Waals surface area contributed by atoms with Crippen LogP contribution in [0.15, 0.2) is 52.0 Å². The number of hydrogen-bond acceptors (Lipinski definition) is 8. The monoisotopic (exact) mass is 464 g/mol. The molecule has 0 spiro atoms. The van der Waals surface area contributed by atoms with E-state index in [-0.39, 0.29) is 11.4 Å². The number of rotatable bonds is 7. The molecule has 0 bridgehead atoms. The van der Waals surface area contributed by atoms with Gasteiger partial charge in [-0.05, 0) is 44.0 Å². The third-order valence-electron chi connectivity index (χ3n) is 5.58. The highest BCUT2D eigenvalue weighted by Gasteiger charge is 2.28. The van der Waals surface area contributed by atoms with Gasteiger partial charge in [0.2, 0.25) is 0 Å². The number of hydrogen-bond donors (Lipinski definition) is 2. The zero-order valence-electron chi connectivity index (χ0n) is 19.0. The Morgan fingerprint density at radius 1 is 1.12 bits per heavy atom. The topological polar surface area (TPSA) is 128 Å². The molecule has 0 unspecified atom stereocenters. The fraction of sp³-hybridized carbons (Fsp3) is 0.250. The zero-order chi connectivity index (χ0) is 24.2. The highest BCUT2D eigenvalue weighted by atomic mass is 16.6. The van der Waals surface area contributed by atoms with Gasteiger partial charge in [-0.3, -0.25) is 20.3 Å². The van der Waals surface area contributed by atoms with E-state index in [0.717, 1.165) is 17.7 Å². The first-order valence-electron chi connectivity index (χ1n) is 10.6. The van der Waals surface area contributed by atoms with E-state index in [0.29, 0.717) is 47.0 Å². The predicted octanol–water partition coefficient (Wildman–Crippen LogP) is 4.92. The number of methoxy groups -OCH3 is 2. The SMILES string of the molecule is COc1ccc(OC)c(NC(=O)c2oc3c(c2C)/C(=N/Nc2ccc([N+](=O)[O-])cc2)CCC3)c1. The van der Waals surface area contributed by atoms with Gasteiger partial charge in [0.1, 0.15) is 17.3 Å². The Labute approximate surface area is 195 Å². The second kappa shape index (κ2) is 9.65. The minimum absolute atomic E-state index is 0.00663. The number of ether oxygens (including phenoxy) is 2. The molecule has 1 aliphatic rings. The number of aryl methyl sites for hydroxylation is 1. The summed E-state index contributed by atoms with van der Waals surface area (Å²) in [6, 6.07) is 11.1. The van der Waals surface area contributed by atoms with Crippen molar-refractivity contribution in [3.63, 3.8) is 0 Å². The Balaban J connectivity index is 1.58. The number of fused-ring (bicyclic) bond motifs is 1. The zero-order valence-corrected chi connectivity index (χ0v) is 19.0. The summed E-state index contributed by atoms with van der Waals surface area (Å²) in [5.41, 5.74) is 6.31. The standard InChI is InChI=1S/C24H24N4O6/c1-14-22-18(27-26-15-7-9-16(10-8-15)28(30)31)5-4-6-21(22)34-23(14)24(29)25-19-13-17(32-2)11-12-20(19)33-3/h7-13,26H,4-6H2,1-3H3,(H,25,29)/b27-18+. The highest BCUT2D eigenvalue weighted by molar-refractivity contribution is 6.09. The van der Waals surface area contributed by atoms with E-state index >= 15 is 0 Å². The third-order valence-corrected chi connectivity index (χ3v) is 5.58. The molecule has 0 atom stereocenters. The fourth-order valence-corrected chi connectivity index (χ4v) is 3.88. The largest absolute Gasteiger partial charge is 0.497 e. The summed E-state index contributed by atoms with van der Waals surface area (Å²) in [6.07, 6.45) is 2.23. The van der Waals surface area contributed by atoms with Gasteiger partial charge < -0.3 is 19.2 Å². The van der Waals surface area contributed by atoms with Crippen LogP contribution in [0.25, 0.3) is 0 Å². The first kappa shape index (κ1) is 22.8. The van der Waals surface area contributed by atoms with Crippen LogP contribution in [-0.4, -0.2) is 30.8 Å². The van der Waals surface area contributed by atoms with Crippen LogP contribution < -0.4 is 20.2 Å². The van der Waals surface area contributed by atoms with Gasteiger partial charge in [0.05, 0.1) is 36.2 Å². The molecule has 4 rings (SSSR count). The van der Waals surface area contributed by atoms with Gasteiger partial charge in [-0.2, -0.15) is 5.10 Å². The highest BCUT2D eigenvalue weighted by Crippen LogP contribution is 2.33. The molecule has 1 amide bonds. The van der Waals surface area contributed by atoms with Crippen LogP contribution in [0.1, 0.15) is 40.3 Å². The fourth-order valence-electron chi connectivity index (χ4n) is 3.88. The summed E-state index contributed by atoms with van der Waals surface area (Å²) in [4.78, 5) is 23.5. The van der Waals surface area contributed by atoms with E-state index in [9.17, 15) is 14.9 Å². The van der Waals surface area contributed by atoms with Gasteiger partial charge in [-0.1, -0.05) is 0 Å². The lowest BCUT2D eigenvalue weighted by Crippen LogP contribution is -2.15. The number of nitrogens with one attached hydrogen (secondary N) is 2. The molecule has 0 aliphatic heterocycles. The van der Waals surface area contributed by atoms with E-state index in [1.807, 2.05) is 6.92 Å². The minimum atomic E-state index is -0.453. The molecule has 0 saturated heterocycles. The van der Waals surface area contributed by atoms with Gasteiger partial charge in [-0.25, -0.2) is 0 Å². The molecule has 34 heavy (non-hydrogen) atoms. The second-order valence-electron chi connectivity index (χ2n) is 7.70. The summed E-state index contributed by atoms with van der Waals surface area (Å²) in [5.74, 6) is 1.59. The molecular weight excluding hydrogens is 440 g/mol. The normalized spacial score (nSPS) is 13.8. The summed E-state index contributed by atoms with van der Waals surface area (Å²) in [5, 5.41) is 18.2. The van der Waals surface area contributed by atoms with E-state index < -0.39 is 10.8 Å². The molecule has 3 aromatic rings. The molecule has 10 heteroatoms. The van der Waals surface area contributed by atoms with Crippen LogP contribution >= 0.6 is 0 Å². The van der Waals surface area contributed by atoms with Gasteiger partial charge in [0, 0.05) is 35.7 Å². The Morgan fingerprint density at radius 2 is 1.88 bits per heavy atom. The van der Waals surface area contributed by atoms with E-state index in [4.69, 9.17) is 13.9 Å². The van der Waals surface area contributed by atoms with Gasteiger partial charge in [-0.15, -0.1) is 0 Å². The number of benzene rings is 2. The molecule has 0 fully saturated rings. The lowest BCUT2D eigenvalue weighted by Gasteiger charge is -2.13. The molecular formula is C24H24N4O6. The molecule has 0 saturated carbocycles. The lowest BCUT2D eigenvalue weighted by molar-refractivity contribution is -0.384. The molecule has 0 radical (unpaired) electrons. The maximum absolute atomic E-state index is 13.1. The molecule has 10 nitrogen and oxygen atoms in total. The maximum Gasteiger partial charge on any atom is 0.291 e. The van der Waals surface area contributed by atoms with Gasteiger partial charge in [0.15, 0.2) is 5.76 Å². The minimum Gasteiger partial charge on any atom is -0.497 e. The average Bonchev–Trinajstić information content (AvgIpc) is 3.20. The number of nitro groups is 1. The van der Waals surface area contributed by atoms with Crippen LogP contribution in [0.3, 0.4) is 0 Å². The van der Waals surface area contributed by atoms with Gasteiger partial charge in [0.25, 0.3) is 11.6 Å². The molecule has 2 aromatic carbocycles. The van der Waals surface area contributed by atoms with E-state index in [1.54, 1.807) is 37.4 Å². The number of hydrazone groups is 1. The Morgan fingerprint density at radius 3 is 2.56 bits per heavy atom. The molecule has 1 aliphatic carbocycles. The maximum atomic E-state index is 13.1. The Bertz CT molecular complexity index is 1260. The number of anilines is 2. The molecule has 2 N–H and O–H groups in total. The van der Waals surface area contributed by atoms with Crippen LogP contribution in [0.5, 0.6) is 11.5 Å². The van der Waals surface area contributed by atoms with Crippen LogP contribution in [0, 0.1) is 17.0 Å². The Hall–Kier alpha value is -4.34. The number of nitro benzene ring substituents is 1. The quantitative estimate of drug-likeness (QED) is 0.375. The number of furan rings is 1. The first-order chi connectivity index (χ1) is 16.4. The van der Waals surface area contributed by atoms with Crippen molar-refractivity contribution in [2.24, 2.45) is 5.10 Å². The Kier molecular flexibility index (Phi) is 6.48. The van der Waals surface area contributed by atoms with Crippen molar-refractivity contribution in [2.75, 3.05) is 25.0 Å². The van der Waals surface area contributed by atoms with Crippen LogP contribution in [0.4, 0.5) is 17.1 Å². The number of carbonyl (C=O) groups excluding carboxylic acids is 1. The number of carbonyl (C=O) groups is 1. The van der Waals surface area contributed by atoms with Crippen molar-refractivity contribution in [3.8, 4) is 11.5 Å². The van der Waals surface area contributed by atoms with E-state index in [2.05, 4.69) is 15.8 Å². The third kappa shape index (κ3) is 4.56. The van der Waals surface area contributed by atoms with Crippen molar-refractivity contribution >= 4 is 28.7 Å². The van der Waals surface area contributed by atoms with Crippen LogP contribution in [0.2, 0.25) is 0 Å². The molecule has 1 aromatic heterocycles. The number of nitrogens with zero attached hydrogens (tertiary/aromatic N) is 2. The average molecular weight is 464 g/mol. The summed E-state index contributed by atoms with van der Waals surface area (Å²) in [7, 11) is 3.07. The second-order valence-corrected chi connectivity index (χ2v) is 7.70.